The van der Waals surface area contributed by atoms with Crippen molar-refractivity contribution in [2.45, 2.75) is 20.8 Å². The van der Waals surface area contributed by atoms with E-state index in [2.05, 4.69) is 10.6 Å². The molecule has 1 aromatic carbocycles. The molecule has 1 aromatic rings. The summed E-state index contributed by atoms with van der Waals surface area (Å²) in [7, 11) is 0. The topological polar surface area (TPSA) is 78.4 Å². The molecule has 0 fully saturated rings. The zero-order chi connectivity index (χ0) is 14.6. The molecule has 0 spiro atoms. The largest absolute Gasteiger partial charge is 0.481 e. The number of rotatable bonds is 4. The van der Waals surface area contributed by atoms with Crippen molar-refractivity contribution >= 4 is 29.3 Å². The molecule has 3 N–H and O–H groups in total. The number of aliphatic carboxylic acids is 1. The van der Waals surface area contributed by atoms with Crippen LogP contribution in [0.1, 0.15) is 19.4 Å². The molecule has 5 nitrogen and oxygen atoms in total. The van der Waals surface area contributed by atoms with Crippen LogP contribution in [0.25, 0.3) is 0 Å². The first-order valence-corrected chi connectivity index (χ1v) is 6.14. The smallest absolute Gasteiger partial charge is 0.319 e. The first-order valence-electron chi connectivity index (χ1n) is 5.77. The predicted molar refractivity (Wildman–Crippen MR) is 74.6 cm³/mol. The monoisotopic (exact) mass is 284 g/mol. The van der Waals surface area contributed by atoms with Gasteiger partial charge >= 0.3 is 12.0 Å². The molecule has 0 unspecified atom stereocenters. The normalized spacial score (nSPS) is 10.9. The fourth-order valence-electron chi connectivity index (χ4n) is 1.26. The molecule has 2 amide bonds. The lowest BCUT2D eigenvalue weighted by atomic mass is 9.94. The summed E-state index contributed by atoms with van der Waals surface area (Å²) in [6, 6.07) is 4.76. The summed E-state index contributed by atoms with van der Waals surface area (Å²) >= 11 is 5.98. The summed E-state index contributed by atoms with van der Waals surface area (Å²) in [4.78, 5) is 22.5. The number of nitrogens with one attached hydrogen (secondary N) is 2. The van der Waals surface area contributed by atoms with Crippen LogP contribution >= 0.6 is 11.6 Å². The van der Waals surface area contributed by atoms with Gasteiger partial charge in [-0.25, -0.2) is 4.79 Å². The number of halogens is 1. The third-order valence-electron chi connectivity index (χ3n) is 2.64. The SMILES string of the molecule is Cc1ccc(NC(=O)NCC(C)(C)C(=O)O)c(Cl)c1. The van der Waals surface area contributed by atoms with Crippen molar-refractivity contribution in [2.24, 2.45) is 5.41 Å². The van der Waals surface area contributed by atoms with E-state index in [1.807, 2.05) is 13.0 Å². The van der Waals surface area contributed by atoms with E-state index in [-0.39, 0.29) is 6.54 Å². The Morgan fingerprint density at radius 1 is 1.37 bits per heavy atom. The van der Waals surface area contributed by atoms with Gasteiger partial charge in [-0.05, 0) is 38.5 Å². The van der Waals surface area contributed by atoms with Crippen LogP contribution in [0.5, 0.6) is 0 Å². The Bertz CT molecular complexity index is 501. The molecule has 0 aliphatic rings. The van der Waals surface area contributed by atoms with Crippen LogP contribution in [-0.2, 0) is 4.79 Å². The van der Waals surface area contributed by atoms with E-state index in [0.717, 1.165) is 5.56 Å². The van der Waals surface area contributed by atoms with Crippen molar-refractivity contribution in [3.63, 3.8) is 0 Å². The maximum absolute atomic E-state index is 11.6. The van der Waals surface area contributed by atoms with Crippen molar-refractivity contribution in [1.82, 2.24) is 5.32 Å². The summed E-state index contributed by atoms with van der Waals surface area (Å²) in [6.45, 7) is 4.99. The van der Waals surface area contributed by atoms with Gasteiger partial charge in [0.2, 0.25) is 0 Å². The zero-order valence-electron chi connectivity index (χ0n) is 11.1. The number of carbonyl (C=O) groups excluding carboxylic acids is 1. The van der Waals surface area contributed by atoms with E-state index in [1.54, 1.807) is 12.1 Å². The van der Waals surface area contributed by atoms with Gasteiger partial charge < -0.3 is 15.7 Å². The van der Waals surface area contributed by atoms with Gasteiger partial charge in [-0.2, -0.15) is 0 Å². The number of hydrogen-bond acceptors (Lipinski definition) is 2. The number of benzene rings is 1. The van der Waals surface area contributed by atoms with E-state index < -0.39 is 17.4 Å². The Kier molecular flexibility index (Phi) is 4.78. The van der Waals surface area contributed by atoms with Crippen LogP contribution in [0.3, 0.4) is 0 Å². The molecule has 0 aliphatic heterocycles. The third kappa shape index (κ3) is 4.44. The molecule has 0 heterocycles. The summed E-state index contributed by atoms with van der Waals surface area (Å²) in [5, 5.41) is 14.4. The Morgan fingerprint density at radius 3 is 2.53 bits per heavy atom. The van der Waals surface area contributed by atoms with Gasteiger partial charge in [0, 0.05) is 6.54 Å². The predicted octanol–water partition coefficient (Wildman–Crippen LogP) is 2.88. The van der Waals surface area contributed by atoms with E-state index in [4.69, 9.17) is 16.7 Å². The van der Waals surface area contributed by atoms with Gasteiger partial charge in [-0.1, -0.05) is 17.7 Å². The molecule has 0 radical (unpaired) electrons. The molecule has 1 rings (SSSR count). The van der Waals surface area contributed by atoms with Gasteiger partial charge in [-0.15, -0.1) is 0 Å². The lowest BCUT2D eigenvalue weighted by Crippen LogP contribution is -2.40. The summed E-state index contributed by atoms with van der Waals surface area (Å²) < 4.78 is 0. The molecular formula is C13H17ClN2O3. The molecule has 0 aliphatic carbocycles. The van der Waals surface area contributed by atoms with Crippen LogP contribution in [0, 0.1) is 12.3 Å². The molecule has 0 saturated heterocycles. The Hall–Kier alpha value is -1.75. The molecule has 104 valence electrons. The minimum Gasteiger partial charge on any atom is -0.481 e. The number of aryl methyl sites for hydroxylation is 1. The number of amides is 2. The van der Waals surface area contributed by atoms with Gasteiger partial charge in [0.25, 0.3) is 0 Å². The average Bonchev–Trinajstić information content (AvgIpc) is 2.30. The van der Waals surface area contributed by atoms with Crippen LogP contribution in [0.2, 0.25) is 5.02 Å². The summed E-state index contributed by atoms with van der Waals surface area (Å²) in [6.07, 6.45) is 0. The number of carbonyl (C=O) groups is 2. The van der Waals surface area contributed by atoms with Crippen LogP contribution in [0.15, 0.2) is 18.2 Å². The minimum absolute atomic E-state index is 0.0254. The van der Waals surface area contributed by atoms with E-state index in [1.165, 1.54) is 13.8 Å². The Morgan fingerprint density at radius 2 is 2.00 bits per heavy atom. The second kappa shape index (κ2) is 5.93. The Labute approximate surface area is 117 Å². The van der Waals surface area contributed by atoms with Gasteiger partial charge in [0.15, 0.2) is 0 Å². The second-order valence-corrected chi connectivity index (χ2v) is 5.39. The minimum atomic E-state index is -1.02. The molecule has 0 saturated carbocycles. The highest BCUT2D eigenvalue weighted by atomic mass is 35.5. The standard InChI is InChI=1S/C13H17ClN2O3/c1-8-4-5-10(9(14)6-8)16-12(19)15-7-13(2,3)11(17)18/h4-6H,7H2,1-3H3,(H,17,18)(H2,15,16,19). The molecule has 0 bridgehead atoms. The van der Waals surface area contributed by atoms with Crippen LogP contribution in [0.4, 0.5) is 10.5 Å². The maximum atomic E-state index is 11.6. The molecule has 6 heteroatoms. The molecule has 19 heavy (non-hydrogen) atoms. The number of anilines is 1. The second-order valence-electron chi connectivity index (χ2n) is 4.98. The maximum Gasteiger partial charge on any atom is 0.319 e. The molecular weight excluding hydrogens is 268 g/mol. The average molecular weight is 285 g/mol. The van der Waals surface area contributed by atoms with E-state index in [9.17, 15) is 9.59 Å². The lowest BCUT2D eigenvalue weighted by Gasteiger charge is -2.19. The summed E-state index contributed by atoms with van der Waals surface area (Å²) in [5.41, 5.74) is 0.454. The highest BCUT2D eigenvalue weighted by molar-refractivity contribution is 6.33. The number of carboxylic acids is 1. The highest BCUT2D eigenvalue weighted by Gasteiger charge is 2.27. The van der Waals surface area contributed by atoms with Crippen molar-refractivity contribution < 1.29 is 14.7 Å². The third-order valence-corrected chi connectivity index (χ3v) is 2.96. The van der Waals surface area contributed by atoms with E-state index >= 15 is 0 Å². The number of carboxylic acid groups (broad SMARTS) is 1. The van der Waals surface area contributed by atoms with Crippen molar-refractivity contribution in [3.8, 4) is 0 Å². The van der Waals surface area contributed by atoms with Crippen LogP contribution in [-0.4, -0.2) is 23.7 Å². The lowest BCUT2D eigenvalue weighted by molar-refractivity contribution is -0.146. The molecule has 0 atom stereocenters. The fourth-order valence-corrected chi connectivity index (χ4v) is 1.55. The number of urea groups is 1. The van der Waals surface area contributed by atoms with Crippen molar-refractivity contribution in [3.05, 3.63) is 28.8 Å². The summed E-state index contributed by atoms with van der Waals surface area (Å²) in [5.74, 6) is -0.971. The molecule has 0 aromatic heterocycles. The quantitative estimate of drug-likeness (QED) is 0.795. The first kappa shape index (κ1) is 15.3. The van der Waals surface area contributed by atoms with Crippen LogP contribution < -0.4 is 10.6 Å². The van der Waals surface area contributed by atoms with Crippen molar-refractivity contribution in [2.75, 3.05) is 11.9 Å². The number of hydrogen-bond donors (Lipinski definition) is 3. The first-order chi connectivity index (χ1) is 8.72. The van der Waals surface area contributed by atoms with E-state index in [0.29, 0.717) is 10.7 Å². The van der Waals surface area contributed by atoms with Gasteiger partial charge in [-0.3, -0.25) is 4.79 Å². The fraction of sp³-hybridized carbons (Fsp3) is 0.385. The Balaban J connectivity index is 2.59. The van der Waals surface area contributed by atoms with Gasteiger partial charge in [0.1, 0.15) is 0 Å². The van der Waals surface area contributed by atoms with Gasteiger partial charge in [0.05, 0.1) is 16.1 Å². The zero-order valence-corrected chi connectivity index (χ0v) is 11.8. The highest BCUT2D eigenvalue weighted by Crippen LogP contribution is 2.22. The van der Waals surface area contributed by atoms with Crippen molar-refractivity contribution in [1.29, 1.82) is 0 Å².